The van der Waals surface area contributed by atoms with E-state index in [-0.39, 0.29) is 30.8 Å². The number of carbonyl (C=O) groups excluding carboxylic acids is 4. The van der Waals surface area contributed by atoms with Crippen molar-refractivity contribution in [3.63, 3.8) is 0 Å². The number of hydrogen-bond donors (Lipinski definition) is 1. The number of allylic oxidation sites excluding steroid dienone is 1. The Balaban J connectivity index is 1.66. The van der Waals surface area contributed by atoms with E-state index in [4.69, 9.17) is 9.47 Å². The quantitative estimate of drug-likeness (QED) is 0.405. The first kappa shape index (κ1) is 32.9. The van der Waals surface area contributed by atoms with E-state index in [1.165, 1.54) is 4.90 Å². The number of fused-ring (bicyclic) bond motifs is 2. The fourth-order valence-corrected chi connectivity index (χ4v) is 7.41. The zero-order valence-corrected chi connectivity index (χ0v) is 27.4. The van der Waals surface area contributed by atoms with Gasteiger partial charge in [0.2, 0.25) is 17.7 Å². The number of carbonyl (C=O) groups is 4. The van der Waals surface area contributed by atoms with E-state index in [0.717, 1.165) is 5.56 Å². The van der Waals surface area contributed by atoms with Gasteiger partial charge in [0.15, 0.2) is 0 Å². The standard InChI is InChI=1S/C35H47N3O7/c1-21(2)24(20-39)38-30-32(42)37(34(4,5)6)19-13-18-35(30)28(31(38)41)27-25(45-35)16-11-12-17-26(40)36(7)22(3)29(44-33(27)43)23-14-9-8-10-15-23/h8-11,13-16,18,21-22,24-25,27-30,39H,12,17,19-20H2,1-7H3/b16-11-/t22-,24-,25-,27+,28+,29+,30-,35+/m0/s1. The molecule has 10 nitrogen and oxygen atoms in total. The number of amides is 3. The molecule has 1 spiro atoms. The highest BCUT2D eigenvalue weighted by molar-refractivity contribution is 5.99. The minimum atomic E-state index is -1.46. The van der Waals surface area contributed by atoms with Crippen LogP contribution in [-0.4, -0.2) is 99.1 Å². The number of aliphatic hydroxyl groups excluding tert-OH is 1. The predicted octanol–water partition coefficient (Wildman–Crippen LogP) is 3.26. The van der Waals surface area contributed by atoms with E-state index >= 15 is 0 Å². The normalized spacial score (nSPS) is 34.0. The average molecular weight is 622 g/mol. The molecule has 244 valence electrons. The smallest absolute Gasteiger partial charge is 0.313 e. The molecule has 0 saturated carbocycles. The Kier molecular flexibility index (Phi) is 9.03. The van der Waals surface area contributed by atoms with Crippen LogP contribution in [0.3, 0.4) is 0 Å². The Morgan fingerprint density at radius 2 is 1.73 bits per heavy atom. The van der Waals surface area contributed by atoms with Gasteiger partial charge in [-0.25, -0.2) is 0 Å². The zero-order valence-electron chi connectivity index (χ0n) is 27.4. The van der Waals surface area contributed by atoms with Gasteiger partial charge in [-0.15, -0.1) is 0 Å². The summed E-state index contributed by atoms with van der Waals surface area (Å²) in [5, 5.41) is 10.5. The summed E-state index contributed by atoms with van der Waals surface area (Å²) in [7, 11) is 1.70. The third-order valence-corrected chi connectivity index (χ3v) is 9.99. The van der Waals surface area contributed by atoms with Gasteiger partial charge in [-0.2, -0.15) is 0 Å². The van der Waals surface area contributed by atoms with Crippen molar-refractivity contribution in [2.75, 3.05) is 20.2 Å². The fraction of sp³-hybridized carbons (Fsp3) is 0.600. The second-order valence-electron chi connectivity index (χ2n) is 14.1. The first-order chi connectivity index (χ1) is 21.2. The molecule has 5 rings (SSSR count). The maximum Gasteiger partial charge on any atom is 0.313 e. The number of likely N-dealkylation sites (N-methyl/N-ethyl adjacent to an activating group) is 1. The molecule has 2 fully saturated rings. The largest absolute Gasteiger partial charge is 0.455 e. The molecule has 4 heterocycles. The van der Waals surface area contributed by atoms with Gasteiger partial charge in [0.05, 0.1) is 30.7 Å². The summed E-state index contributed by atoms with van der Waals surface area (Å²) < 4.78 is 13.1. The number of aliphatic hydroxyl groups is 1. The lowest BCUT2D eigenvalue weighted by Crippen LogP contribution is -2.61. The molecule has 0 aromatic heterocycles. The van der Waals surface area contributed by atoms with Gasteiger partial charge in [0.1, 0.15) is 23.7 Å². The third-order valence-electron chi connectivity index (χ3n) is 9.99. The van der Waals surface area contributed by atoms with Crippen LogP contribution in [0.1, 0.15) is 66.1 Å². The van der Waals surface area contributed by atoms with Crippen molar-refractivity contribution >= 4 is 23.7 Å². The van der Waals surface area contributed by atoms with E-state index in [2.05, 4.69) is 0 Å². The van der Waals surface area contributed by atoms with Gasteiger partial charge in [0.25, 0.3) is 0 Å². The molecule has 3 amide bonds. The van der Waals surface area contributed by atoms with Crippen LogP contribution in [0, 0.1) is 17.8 Å². The van der Waals surface area contributed by atoms with Crippen LogP contribution in [0.25, 0.3) is 0 Å². The SMILES string of the molecule is CC(C)[C@H](CO)N1C(=O)[C@H]2[C@@H]3C(=O)O[C@@H](c4ccccc4)[C@H](C)N(C)C(=O)CC/C=C\[C@@H]3O[C@]23C=CCN(C(C)(C)C)C(=O)[C@H]13. The number of cyclic esters (lactones) is 1. The molecule has 10 heteroatoms. The molecule has 1 N–H and O–H groups in total. The first-order valence-corrected chi connectivity index (χ1v) is 16.0. The van der Waals surface area contributed by atoms with E-state index in [1.807, 2.05) is 78.0 Å². The molecule has 0 radical (unpaired) electrons. The Morgan fingerprint density at radius 1 is 1.04 bits per heavy atom. The minimum Gasteiger partial charge on any atom is -0.455 e. The van der Waals surface area contributed by atoms with Crippen LogP contribution in [0.2, 0.25) is 0 Å². The van der Waals surface area contributed by atoms with Crippen molar-refractivity contribution in [1.82, 2.24) is 14.7 Å². The lowest BCUT2D eigenvalue weighted by Gasteiger charge is -2.42. The predicted molar refractivity (Wildman–Crippen MR) is 167 cm³/mol. The number of nitrogens with zero attached hydrogens (tertiary/aromatic N) is 3. The minimum absolute atomic E-state index is 0.0850. The number of likely N-dealkylation sites (tertiary alicyclic amines) is 1. The average Bonchev–Trinajstić information content (AvgIpc) is 3.37. The van der Waals surface area contributed by atoms with Crippen molar-refractivity contribution in [2.24, 2.45) is 17.8 Å². The highest BCUT2D eigenvalue weighted by atomic mass is 16.6. The summed E-state index contributed by atoms with van der Waals surface area (Å²) in [5.74, 6) is -3.72. The summed E-state index contributed by atoms with van der Waals surface area (Å²) in [6, 6.07) is 7.01. The molecule has 45 heavy (non-hydrogen) atoms. The van der Waals surface area contributed by atoms with Crippen molar-refractivity contribution in [2.45, 2.75) is 95.9 Å². The van der Waals surface area contributed by atoms with Gasteiger partial charge in [-0.1, -0.05) is 68.5 Å². The molecule has 1 aromatic carbocycles. The fourth-order valence-electron chi connectivity index (χ4n) is 7.41. The topological polar surface area (TPSA) is 117 Å². The summed E-state index contributed by atoms with van der Waals surface area (Å²) in [5.41, 5.74) is -1.30. The second-order valence-corrected chi connectivity index (χ2v) is 14.1. The van der Waals surface area contributed by atoms with Crippen LogP contribution in [-0.2, 0) is 28.7 Å². The lowest BCUT2D eigenvalue weighted by atomic mass is 9.77. The second kappa shape index (κ2) is 12.4. The Hall–Kier alpha value is -3.50. The number of rotatable bonds is 4. The molecule has 0 bridgehead atoms. The van der Waals surface area contributed by atoms with E-state index in [1.54, 1.807) is 35.1 Å². The van der Waals surface area contributed by atoms with E-state index in [9.17, 15) is 24.3 Å². The van der Waals surface area contributed by atoms with Crippen molar-refractivity contribution in [3.05, 3.63) is 60.2 Å². The number of hydrogen-bond acceptors (Lipinski definition) is 7. The number of esters is 1. The highest BCUT2D eigenvalue weighted by Gasteiger charge is 2.73. The third kappa shape index (κ3) is 5.60. The van der Waals surface area contributed by atoms with Crippen molar-refractivity contribution in [1.29, 1.82) is 0 Å². The summed E-state index contributed by atoms with van der Waals surface area (Å²) in [6.07, 6.45) is 6.17. The summed E-state index contributed by atoms with van der Waals surface area (Å²) in [6.45, 7) is 11.4. The maximum absolute atomic E-state index is 14.7. The summed E-state index contributed by atoms with van der Waals surface area (Å²) in [4.78, 5) is 61.6. The number of ether oxygens (including phenoxy) is 2. The zero-order chi connectivity index (χ0) is 32.8. The molecule has 2 saturated heterocycles. The van der Waals surface area contributed by atoms with Crippen molar-refractivity contribution in [3.8, 4) is 0 Å². The van der Waals surface area contributed by atoms with Gasteiger partial charge < -0.3 is 29.3 Å². The molecule has 0 aliphatic carbocycles. The van der Waals surface area contributed by atoms with E-state index < -0.39 is 65.2 Å². The number of benzene rings is 1. The van der Waals surface area contributed by atoms with Gasteiger partial charge in [0, 0.05) is 25.6 Å². The van der Waals surface area contributed by atoms with Crippen LogP contribution >= 0.6 is 0 Å². The van der Waals surface area contributed by atoms with Crippen LogP contribution in [0.5, 0.6) is 0 Å². The highest BCUT2D eigenvalue weighted by Crippen LogP contribution is 2.54. The molecule has 8 atom stereocenters. The molecular weight excluding hydrogens is 574 g/mol. The molecular formula is C35H47N3O7. The van der Waals surface area contributed by atoms with Crippen molar-refractivity contribution < 1.29 is 33.8 Å². The van der Waals surface area contributed by atoms with Crippen LogP contribution < -0.4 is 0 Å². The van der Waals surface area contributed by atoms with Gasteiger partial charge in [-0.05, 0) is 45.6 Å². The van der Waals surface area contributed by atoms with Gasteiger partial charge in [-0.3, -0.25) is 19.2 Å². The lowest BCUT2D eigenvalue weighted by molar-refractivity contribution is -0.165. The molecule has 1 aromatic rings. The Morgan fingerprint density at radius 3 is 2.36 bits per heavy atom. The molecule has 0 unspecified atom stereocenters. The summed E-state index contributed by atoms with van der Waals surface area (Å²) >= 11 is 0. The monoisotopic (exact) mass is 621 g/mol. The maximum atomic E-state index is 14.7. The van der Waals surface area contributed by atoms with Gasteiger partial charge >= 0.3 is 5.97 Å². The first-order valence-electron chi connectivity index (χ1n) is 16.0. The molecule has 4 aliphatic heterocycles. The van der Waals surface area contributed by atoms with E-state index in [0.29, 0.717) is 13.0 Å². The Labute approximate surface area is 266 Å². The van der Waals surface area contributed by atoms with Crippen LogP contribution in [0.15, 0.2) is 54.6 Å². The van der Waals surface area contributed by atoms with Crippen LogP contribution in [0.4, 0.5) is 0 Å². The molecule has 4 aliphatic rings. The Bertz CT molecular complexity index is 1370.